The SMILES string of the molecule is Bc1cccc2c1OC(C)C(=O)N2. The van der Waals surface area contributed by atoms with Crippen molar-refractivity contribution in [2.24, 2.45) is 0 Å². The van der Waals surface area contributed by atoms with Crippen LogP contribution in [-0.4, -0.2) is 19.9 Å². The zero-order chi connectivity index (χ0) is 9.42. The quantitative estimate of drug-likeness (QED) is 0.548. The molecule has 1 atom stereocenters. The molecule has 0 radical (unpaired) electrons. The first-order valence-electron chi connectivity index (χ1n) is 4.25. The van der Waals surface area contributed by atoms with Crippen molar-refractivity contribution in [3.8, 4) is 5.75 Å². The Bertz CT molecular complexity index is 365. The van der Waals surface area contributed by atoms with Crippen LogP contribution >= 0.6 is 0 Å². The second kappa shape index (κ2) is 2.80. The topological polar surface area (TPSA) is 38.3 Å². The van der Waals surface area contributed by atoms with Crippen molar-refractivity contribution in [2.75, 3.05) is 5.32 Å². The molecule has 1 aromatic carbocycles. The molecule has 0 saturated heterocycles. The summed E-state index contributed by atoms with van der Waals surface area (Å²) >= 11 is 0. The summed E-state index contributed by atoms with van der Waals surface area (Å²) in [5.74, 6) is 0.702. The van der Waals surface area contributed by atoms with Crippen LogP contribution in [0.4, 0.5) is 5.69 Å². The number of para-hydroxylation sites is 1. The number of ether oxygens (including phenoxy) is 1. The third kappa shape index (κ3) is 1.28. The highest BCUT2D eigenvalue weighted by molar-refractivity contribution is 6.35. The number of fused-ring (bicyclic) bond motifs is 1. The molecule has 1 aromatic rings. The molecule has 1 unspecified atom stereocenters. The van der Waals surface area contributed by atoms with Gasteiger partial charge in [0.25, 0.3) is 5.91 Å². The van der Waals surface area contributed by atoms with Gasteiger partial charge in [0, 0.05) is 0 Å². The maximum Gasteiger partial charge on any atom is 0.265 e. The summed E-state index contributed by atoms with van der Waals surface area (Å²) in [6.07, 6.45) is -0.395. The van der Waals surface area contributed by atoms with E-state index in [2.05, 4.69) is 5.32 Å². The highest BCUT2D eigenvalue weighted by atomic mass is 16.5. The predicted octanol–water partition coefficient (Wildman–Crippen LogP) is -0.336. The maximum absolute atomic E-state index is 11.2. The van der Waals surface area contributed by atoms with Crippen molar-refractivity contribution < 1.29 is 9.53 Å². The molecule has 3 nitrogen and oxygen atoms in total. The molecule has 0 bridgehead atoms. The van der Waals surface area contributed by atoms with Gasteiger partial charge in [-0.1, -0.05) is 12.1 Å². The lowest BCUT2D eigenvalue weighted by atomic mass is 9.93. The monoisotopic (exact) mass is 175 g/mol. The van der Waals surface area contributed by atoms with Crippen molar-refractivity contribution in [2.45, 2.75) is 13.0 Å². The fraction of sp³-hybridized carbons (Fsp3) is 0.222. The van der Waals surface area contributed by atoms with Crippen molar-refractivity contribution >= 4 is 24.9 Å². The average molecular weight is 175 g/mol. The van der Waals surface area contributed by atoms with Gasteiger partial charge < -0.3 is 10.1 Å². The van der Waals surface area contributed by atoms with E-state index in [0.717, 1.165) is 16.9 Å². The summed E-state index contributed by atoms with van der Waals surface area (Å²) in [4.78, 5) is 11.2. The van der Waals surface area contributed by atoms with Gasteiger partial charge in [0.05, 0.1) is 5.69 Å². The molecule has 66 valence electrons. The van der Waals surface area contributed by atoms with Crippen LogP contribution in [0.3, 0.4) is 0 Å². The van der Waals surface area contributed by atoms with E-state index in [1.807, 2.05) is 26.0 Å². The molecule has 2 rings (SSSR count). The first kappa shape index (κ1) is 8.17. The number of anilines is 1. The van der Waals surface area contributed by atoms with E-state index in [9.17, 15) is 4.79 Å². The number of amides is 1. The van der Waals surface area contributed by atoms with E-state index in [4.69, 9.17) is 4.74 Å². The summed E-state index contributed by atoms with van der Waals surface area (Å²) < 4.78 is 5.46. The Balaban J connectivity index is 2.48. The molecule has 1 heterocycles. The number of carbonyl (C=O) groups excluding carboxylic acids is 1. The molecule has 0 aliphatic carbocycles. The van der Waals surface area contributed by atoms with Gasteiger partial charge in [0.1, 0.15) is 13.6 Å². The van der Waals surface area contributed by atoms with E-state index >= 15 is 0 Å². The van der Waals surface area contributed by atoms with Crippen LogP contribution < -0.4 is 15.5 Å². The van der Waals surface area contributed by atoms with Crippen LogP contribution in [0.5, 0.6) is 5.75 Å². The summed E-state index contributed by atoms with van der Waals surface area (Å²) in [5.41, 5.74) is 1.81. The molecule has 0 aromatic heterocycles. The van der Waals surface area contributed by atoms with Gasteiger partial charge in [0.2, 0.25) is 0 Å². The minimum Gasteiger partial charge on any atom is -0.479 e. The number of rotatable bonds is 0. The first-order chi connectivity index (χ1) is 6.18. The van der Waals surface area contributed by atoms with Gasteiger partial charge in [-0.05, 0) is 18.5 Å². The number of carbonyl (C=O) groups is 1. The molecule has 4 heteroatoms. The van der Waals surface area contributed by atoms with Crippen molar-refractivity contribution in [3.63, 3.8) is 0 Å². The molecule has 1 N–H and O–H groups in total. The highest BCUT2D eigenvalue weighted by Crippen LogP contribution is 2.26. The molecule has 13 heavy (non-hydrogen) atoms. The van der Waals surface area contributed by atoms with E-state index in [1.54, 1.807) is 6.92 Å². The Hall–Kier alpha value is -1.45. The molecule has 0 saturated carbocycles. The summed E-state index contributed by atoms with van der Waals surface area (Å²) in [5, 5.41) is 2.79. The zero-order valence-electron chi connectivity index (χ0n) is 7.63. The van der Waals surface area contributed by atoms with Gasteiger partial charge >= 0.3 is 0 Å². The van der Waals surface area contributed by atoms with Gasteiger partial charge in [-0.15, -0.1) is 0 Å². The minimum atomic E-state index is -0.395. The Labute approximate surface area is 77.5 Å². The fourth-order valence-corrected chi connectivity index (χ4v) is 1.37. The number of hydrogen-bond donors (Lipinski definition) is 1. The average Bonchev–Trinajstić information content (AvgIpc) is 2.09. The van der Waals surface area contributed by atoms with Crippen LogP contribution in [0.2, 0.25) is 0 Å². The molecule has 1 amide bonds. The zero-order valence-corrected chi connectivity index (χ0v) is 7.63. The third-order valence-electron chi connectivity index (χ3n) is 2.13. The Morgan fingerprint density at radius 3 is 3.08 bits per heavy atom. The lowest BCUT2D eigenvalue weighted by Crippen LogP contribution is -2.36. The van der Waals surface area contributed by atoms with Crippen LogP contribution in [0.25, 0.3) is 0 Å². The van der Waals surface area contributed by atoms with Crippen molar-refractivity contribution in [3.05, 3.63) is 18.2 Å². The Morgan fingerprint density at radius 2 is 2.31 bits per heavy atom. The van der Waals surface area contributed by atoms with Gasteiger partial charge in [-0.25, -0.2) is 0 Å². The molecule has 0 spiro atoms. The Kier molecular flexibility index (Phi) is 1.76. The van der Waals surface area contributed by atoms with Gasteiger partial charge in [0.15, 0.2) is 6.10 Å². The third-order valence-corrected chi connectivity index (χ3v) is 2.13. The molecular weight excluding hydrogens is 165 g/mol. The Morgan fingerprint density at radius 1 is 1.54 bits per heavy atom. The highest BCUT2D eigenvalue weighted by Gasteiger charge is 2.23. The maximum atomic E-state index is 11.2. The lowest BCUT2D eigenvalue weighted by Gasteiger charge is -2.24. The molecule has 1 aliphatic rings. The molecule has 0 fully saturated rings. The van der Waals surface area contributed by atoms with E-state index in [0.29, 0.717) is 0 Å². The van der Waals surface area contributed by atoms with E-state index in [-0.39, 0.29) is 5.91 Å². The summed E-state index contributed by atoms with van der Waals surface area (Å²) in [7, 11) is 1.96. The van der Waals surface area contributed by atoms with E-state index < -0.39 is 6.10 Å². The molecular formula is C9H10BNO2. The number of hydrogen-bond acceptors (Lipinski definition) is 2. The van der Waals surface area contributed by atoms with Crippen LogP contribution in [-0.2, 0) is 4.79 Å². The minimum absolute atomic E-state index is 0.0851. The fourth-order valence-electron chi connectivity index (χ4n) is 1.37. The number of nitrogens with one attached hydrogen (secondary N) is 1. The lowest BCUT2D eigenvalue weighted by molar-refractivity contribution is -0.122. The molecule has 1 aliphatic heterocycles. The standard InChI is InChI=1S/C9H10BNO2/c1-5-9(12)11-7-4-2-3-6(10)8(7)13-5/h2-5H,10H2,1H3,(H,11,12). The van der Waals surface area contributed by atoms with Crippen molar-refractivity contribution in [1.29, 1.82) is 0 Å². The van der Waals surface area contributed by atoms with Crippen LogP contribution in [0.15, 0.2) is 18.2 Å². The van der Waals surface area contributed by atoms with Crippen LogP contribution in [0.1, 0.15) is 6.92 Å². The largest absolute Gasteiger partial charge is 0.479 e. The normalized spacial score (nSPS) is 20.1. The second-order valence-electron chi connectivity index (χ2n) is 3.20. The number of benzene rings is 1. The first-order valence-corrected chi connectivity index (χ1v) is 4.25. The van der Waals surface area contributed by atoms with Gasteiger partial charge in [-0.2, -0.15) is 0 Å². The van der Waals surface area contributed by atoms with E-state index in [1.165, 1.54) is 0 Å². The van der Waals surface area contributed by atoms with Gasteiger partial charge in [-0.3, -0.25) is 4.79 Å². The smallest absolute Gasteiger partial charge is 0.265 e. The summed E-state index contributed by atoms with van der Waals surface area (Å²) in [6, 6.07) is 5.70. The van der Waals surface area contributed by atoms with Crippen LogP contribution in [0, 0.1) is 0 Å². The summed E-state index contributed by atoms with van der Waals surface area (Å²) in [6.45, 7) is 1.74. The van der Waals surface area contributed by atoms with Crippen molar-refractivity contribution in [1.82, 2.24) is 0 Å². The predicted molar refractivity (Wildman–Crippen MR) is 53.3 cm³/mol. The second-order valence-corrected chi connectivity index (χ2v) is 3.20.